The van der Waals surface area contributed by atoms with Gasteiger partial charge in [0.2, 0.25) is 12.1 Å². The number of hydrogen-bond donors (Lipinski definition) is 4. The first-order valence-corrected chi connectivity index (χ1v) is 14.2. The zero-order chi connectivity index (χ0) is 27.7. The standard InChI is InChI=1S/C29H38O10/c1-13-8-20(30)29(35)25(37-13)38-18-10-15-4-5-17-22(26(15,2)11-19(18)39-29)23(32)24(33)27(3)16(6-7-28(17,27)34)14-9-21(31)36-12-14/h9-10,13,16-20,22,24-25,30,33-35H,4-8,11-12H2,1-3H3. The van der Waals surface area contributed by atoms with Crippen LogP contribution in [0.2, 0.25) is 0 Å². The van der Waals surface area contributed by atoms with Crippen LogP contribution in [0, 0.1) is 28.6 Å². The molecule has 0 bridgehead atoms. The van der Waals surface area contributed by atoms with E-state index < -0.39 is 70.7 Å². The maximum absolute atomic E-state index is 14.2. The number of allylic oxidation sites excluding steroid dienone is 1. The van der Waals surface area contributed by atoms with Crippen LogP contribution in [0.25, 0.3) is 0 Å². The SMILES string of the molecule is CC1CC(O)C2(O)OC3CC4(C)C(=CC3OC2O1)CCC1C4C(=O)C(O)C2(C)C(C3=CC(=O)OC3)CCC12O. The Morgan fingerprint density at radius 1 is 1.08 bits per heavy atom. The number of hydrogen-bond acceptors (Lipinski definition) is 10. The van der Waals surface area contributed by atoms with Gasteiger partial charge in [0.1, 0.15) is 24.9 Å². The number of esters is 1. The highest BCUT2D eigenvalue weighted by molar-refractivity contribution is 5.90. The summed E-state index contributed by atoms with van der Waals surface area (Å²) in [7, 11) is 0. The van der Waals surface area contributed by atoms with Crippen molar-refractivity contribution in [2.75, 3.05) is 6.61 Å². The monoisotopic (exact) mass is 546 g/mol. The number of aliphatic hydroxyl groups excluding tert-OH is 2. The van der Waals surface area contributed by atoms with Gasteiger partial charge in [-0.3, -0.25) is 4.79 Å². The second-order valence-electron chi connectivity index (χ2n) is 13.4. The van der Waals surface area contributed by atoms with E-state index in [0.29, 0.717) is 32.1 Å². The van der Waals surface area contributed by atoms with Gasteiger partial charge in [0, 0.05) is 29.2 Å². The minimum Gasteiger partial charge on any atom is -0.458 e. The van der Waals surface area contributed by atoms with Crippen molar-refractivity contribution in [1.29, 1.82) is 0 Å². The summed E-state index contributed by atoms with van der Waals surface area (Å²) < 4.78 is 23.2. The molecule has 214 valence electrons. The number of ether oxygens (including phenoxy) is 4. The van der Waals surface area contributed by atoms with E-state index in [2.05, 4.69) is 0 Å². The Morgan fingerprint density at radius 3 is 2.56 bits per heavy atom. The minimum absolute atomic E-state index is 0.118. The Balaban J connectivity index is 1.24. The fourth-order valence-electron chi connectivity index (χ4n) is 9.57. The molecule has 3 heterocycles. The summed E-state index contributed by atoms with van der Waals surface area (Å²) in [6.45, 7) is 5.69. The summed E-state index contributed by atoms with van der Waals surface area (Å²) in [5.41, 5.74) is -1.46. The molecule has 10 nitrogen and oxygen atoms in total. The molecule has 4 N–H and O–H groups in total. The molecule has 4 aliphatic carbocycles. The highest BCUT2D eigenvalue weighted by Gasteiger charge is 2.74. The summed E-state index contributed by atoms with van der Waals surface area (Å²) in [5, 5.41) is 46.0. The highest BCUT2D eigenvalue weighted by atomic mass is 16.8. The third-order valence-corrected chi connectivity index (χ3v) is 11.6. The van der Waals surface area contributed by atoms with Crippen LogP contribution in [0.3, 0.4) is 0 Å². The Morgan fingerprint density at radius 2 is 1.85 bits per heavy atom. The highest BCUT2D eigenvalue weighted by Crippen LogP contribution is 2.68. The first-order chi connectivity index (χ1) is 18.3. The quantitative estimate of drug-likeness (QED) is 0.276. The Labute approximate surface area is 226 Å². The largest absolute Gasteiger partial charge is 0.458 e. The third-order valence-electron chi connectivity index (χ3n) is 11.6. The number of Topliss-reactive ketones (excluding diaryl/α,β-unsaturated/α-hetero) is 1. The second-order valence-corrected chi connectivity index (χ2v) is 13.4. The van der Waals surface area contributed by atoms with E-state index in [9.17, 15) is 30.0 Å². The molecule has 0 aromatic carbocycles. The lowest BCUT2D eigenvalue weighted by molar-refractivity contribution is -0.448. The van der Waals surface area contributed by atoms with Crippen LogP contribution in [-0.2, 0) is 28.5 Å². The van der Waals surface area contributed by atoms with E-state index in [4.69, 9.17) is 18.9 Å². The molecule has 0 spiro atoms. The number of ketones is 1. The van der Waals surface area contributed by atoms with E-state index in [1.54, 1.807) is 13.8 Å². The predicted molar refractivity (Wildman–Crippen MR) is 133 cm³/mol. The molecule has 0 radical (unpaired) electrons. The zero-order valence-corrected chi connectivity index (χ0v) is 22.5. The summed E-state index contributed by atoms with van der Waals surface area (Å²) in [6, 6.07) is 0. The number of carbonyl (C=O) groups is 2. The molecule has 13 atom stereocenters. The molecule has 2 saturated heterocycles. The number of rotatable bonds is 1. The van der Waals surface area contributed by atoms with Gasteiger partial charge in [0.15, 0.2) is 5.78 Å². The van der Waals surface area contributed by atoms with Crippen molar-refractivity contribution >= 4 is 11.8 Å². The van der Waals surface area contributed by atoms with Crippen molar-refractivity contribution in [3.63, 3.8) is 0 Å². The van der Waals surface area contributed by atoms with Crippen molar-refractivity contribution < 1.29 is 49.0 Å². The van der Waals surface area contributed by atoms with Gasteiger partial charge >= 0.3 is 5.97 Å². The van der Waals surface area contributed by atoms with Gasteiger partial charge in [-0.25, -0.2) is 4.79 Å². The maximum atomic E-state index is 14.2. The van der Waals surface area contributed by atoms with Crippen LogP contribution in [-0.4, -0.2) is 87.0 Å². The first-order valence-electron chi connectivity index (χ1n) is 14.2. The Hall–Kier alpha value is -1.66. The van der Waals surface area contributed by atoms with Gasteiger partial charge in [-0.2, -0.15) is 0 Å². The van der Waals surface area contributed by atoms with Crippen molar-refractivity contribution in [3.8, 4) is 0 Å². The fourth-order valence-corrected chi connectivity index (χ4v) is 9.57. The summed E-state index contributed by atoms with van der Waals surface area (Å²) in [6.07, 6.45) is 0.881. The average molecular weight is 547 g/mol. The molecular weight excluding hydrogens is 508 g/mol. The van der Waals surface area contributed by atoms with Gasteiger partial charge in [0.25, 0.3) is 0 Å². The molecule has 0 aromatic rings. The molecular formula is C29H38O10. The van der Waals surface area contributed by atoms with Crippen LogP contribution < -0.4 is 0 Å². The number of aliphatic hydroxyl groups is 4. The van der Waals surface area contributed by atoms with Gasteiger partial charge < -0.3 is 39.4 Å². The van der Waals surface area contributed by atoms with E-state index in [-0.39, 0.29) is 30.8 Å². The molecule has 7 rings (SSSR count). The Bertz CT molecular complexity index is 1180. The van der Waals surface area contributed by atoms with Crippen LogP contribution in [0.5, 0.6) is 0 Å². The van der Waals surface area contributed by atoms with Crippen LogP contribution in [0.15, 0.2) is 23.3 Å². The van der Waals surface area contributed by atoms with Gasteiger partial charge in [-0.15, -0.1) is 0 Å². The lowest BCUT2D eigenvalue weighted by Gasteiger charge is -2.63. The first kappa shape index (κ1) is 26.3. The van der Waals surface area contributed by atoms with E-state index >= 15 is 0 Å². The lowest BCUT2D eigenvalue weighted by Crippen LogP contribution is -2.71. The van der Waals surface area contributed by atoms with Gasteiger partial charge in [0.05, 0.1) is 17.8 Å². The van der Waals surface area contributed by atoms with E-state index in [1.165, 1.54) is 6.08 Å². The van der Waals surface area contributed by atoms with Gasteiger partial charge in [-0.05, 0) is 56.4 Å². The molecule has 10 heteroatoms. The maximum Gasteiger partial charge on any atom is 0.331 e. The molecule has 3 saturated carbocycles. The van der Waals surface area contributed by atoms with Crippen molar-refractivity contribution in [1.82, 2.24) is 0 Å². The zero-order valence-electron chi connectivity index (χ0n) is 22.5. The average Bonchev–Trinajstić information content (AvgIpc) is 3.41. The molecule has 3 aliphatic heterocycles. The van der Waals surface area contributed by atoms with Crippen molar-refractivity contribution in [3.05, 3.63) is 23.3 Å². The smallest absolute Gasteiger partial charge is 0.331 e. The van der Waals surface area contributed by atoms with Crippen molar-refractivity contribution in [2.45, 2.75) is 107 Å². The minimum atomic E-state index is -2.02. The number of carbonyl (C=O) groups excluding carboxylic acids is 2. The van der Waals surface area contributed by atoms with E-state index in [1.807, 2.05) is 13.0 Å². The van der Waals surface area contributed by atoms with Crippen LogP contribution in [0.1, 0.15) is 59.3 Å². The summed E-state index contributed by atoms with van der Waals surface area (Å²) >= 11 is 0. The summed E-state index contributed by atoms with van der Waals surface area (Å²) in [4.78, 5) is 26.0. The molecule has 0 aromatic heterocycles. The number of cyclic esters (lactones) is 1. The van der Waals surface area contributed by atoms with Gasteiger partial charge in [-0.1, -0.05) is 25.5 Å². The normalized spacial score (nSPS) is 56.3. The summed E-state index contributed by atoms with van der Waals surface area (Å²) in [5.74, 6) is -4.17. The second kappa shape index (κ2) is 8.21. The lowest BCUT2D eigenvalue weighted by atomic mass is 9.43. The molecule has 13 unspecified atom stereocenters. The number of fused-ring (bicyclic) bond motifs is 7. The molecule has 5 fully saturated rings. The molecule has 7 aliphatic rings. The topological polar surface area (TPSA) is 152 Å². The third kappa shape index (κ3) is 3.22. The van der Waals surface area contributed by atoms with Crippen LogP contribution >= 0.6 is 0 Å². The molecule has 0 amide bonds. The predicted octanol–water partition coefficient (Wildman–Crippen LogP) is 0.892. The van der Waals surface area contributed by atoms with Crippen molar-refractivity contribution in [2.24, 2.45) is 28.6 Å². The van der Waals surface area contributed by atoms with E-state index in [0.717, 1.165) is 11.1 Å². The fraction of sp³-hybridized carbons (Fsp3) is 0.793. The molecule has 39 heavy (non-hydrogen) atoms. The van der Waals surface area contributed by atoms with Crippen LogP contribution in [0.4, 0.5) is 0 Å². The Kier molecular flexibility index (Phi) is 5.53.